The first-order valence-electron chi connectivity index (χ1n) is 10.5. The van der Waals surface area contributed by atoms with E-state index in [1.807, 2.05) is 42.5 Å². The molecule has 1 heterocycles. The standard InChI is InChI=1S/C26H24ClNO3/c27-24-9-5-4-8-23(24)25-15-12-21(18-29)28(25)26(30)20-10-13-22(14-11-20)31-17-16-19-6-2-1-3-7-19/h1-11,13-14,18,21,25H,12,15-17H2/t21-,25+/m0/s1. The molecule has 0 bridgehead atoms. The van der Waals surface area contributed by atoms with Crippen LogP contribution in [0.3, 0.4) is 0 Å². The molecule has 1 fully saturated rings. The lowest BCUT2D eigenvalue weighted by atomic mass is 10.0. The topological polar surface area (TPSA) is 46.6 Å². The summed E-state index contributed by atoms with van der Waals surface area (Å²) in [5.41, 5.74) is 2.62. The van der Waals surface area contributed by atoms with Gasteiger partial charge in [0.15, 0.2) is 0 Å². The Morgan fingerprint density at radius 3 is 2.39 bits per heavy atom. The highest BCUT2D eigenvalue weighted by Gasteiger charge is 2.38. The molecule has 0 spiro atoms. The van der Waals surface area contributed by atoms with Gasteiger partial charge >= 0.3 is 0 Å². The van der Waals surface area contributed by atoms with Crippen molar-refractivity contribution in [3.05, 3.63) is 101 Å². The van der Waals surface area contributed by atoms with Crippen LogP contribution in [-0.4, -0.2) is 29.7 Å². The predicted octanol–water partition coefficient (Wildman–Crippen LogP) is 5.51. The van der Waals surface area contributed by atoms with Gasteiger partial charge in [0, 0.05) is 17.0 Å². The molecule has 5 heteroatoms. The molecule has 3 aromatic carbocycles. The molecule has 1 amide bonds. The number of halogens is 1. The first kappa shape index (κ1) is 21.1. The van der Waals surface area contributed by atoms with E-state index in [2.05, 4.69) is 12.1 Å². The summed E-state index contributed by atoms with van der Waals surface area (Å²) in [6, 6.07) is 24.1. The van der Waals surface area contributed by atoms with Gasteiger partial charge in [0.25, 0.3) is 5.91 Å². The first-order valence-corrected chi connectivity index (χ1v) is 10.8. The van der Waals surface area contributed by atoms with Gasteiger partial charge in [0.1, 0.15) is 12.0 Å². The normalized spacial score (nSPS) is 18.0. The molecule has 2 atom stereocenters. The minimum atomic E-state index is -0.449. The first-order chi connectivity index (χ1) is 15.2. The second-order valence-electron chi connectivity index (χ2n) is 7.64. The summed E-state index contributed by atoms with van der Waals surface area (Å²) in [6.45, 7) is 0.561. The summed E-state index contributed by atoms with van der Waals surface area (Å²) in [4.78, 5) is 26.6. The maximum Gasteiger partial charge on any atom is 0.254 e. The lowest BCUT2D eigenvalue weighted by Gasteiger charge is -2.29. The predicted molar refractivity (Wildman–Crippen MR) is 122 cm³/mol. The van der Waals surface area contributed by atoms with Crippen molar-refractivity contribution in [1.29, 1.82) is 0 Å². The van der Waals surface area contributed by atoms with E-state index in [1.54, 1.807) is 29.2 Å². The average Bonchev–Trinajstić information content (AvgIpc) is 3.24. The molecule has 1 saturated heterocycles. The fourth-order valence-corrected chi connectivity index (χ4v) is 4.35. The van der Waals surface area contributed by atoms with Gasteiger partial charge in [0.05, 0.1) is 18.7 Å². The van der Waals surface area contributed by atoms with Gasteiger partial charge in [-0.3, -0.25) is 4.79 Å². The third-order valence-corrected chi connectivity index (χ3v) is 6.03. The number of hydrogen-bond donors (Lipinski definition) is 0. The Morgan fingerprint density at radius 2 is 1.68 bits per heavy atom. The summed E-state index contributed by atoms with van der Waals surface area (Å²) < 4.78 is 5.82. The van der Waals surface area contributed by atoms with E-state index in [0.29, 0.717) is 35.8 Å². The molecule has 0 N–H and O–H groups in total. The van der Waals surface area contributed by atoms with E-state index < -0.39 is 6.04 Å². The molecule has 0 saturated carbocycles. The molecule has 0 radical (unpaired) electrons. The molecule has 0 unspecified atom stereocenters. The third kappa shape index (κ3) is 4.80. The number of nitrogens with zero attached hydrogens (tertiary/aromatic N) is 1. The van der Waals surface area contributed by atoms with E-state index in [4.69, 9.17) is 16.3 Å². The highest BCUT2D eigenvalue weighted by atomic mass is 35.5. The van der Waals surface area contributed by atoms with Crippen molar-refractivity contribution in [1.82, 2.24) is 4.90 Å². The van der Waals surface area contributed by atoms with Crippen LogP contribution in [0.1, 0.15) is 40.4 Å². The smallest absolute Gasteiger partial charge is 0.254 e. The zero-order valence-electron chi connectivity index (χ0n) is 17.1. The van der Waals surface area contributed by atoms with Crippen LogP contribution >= 0.6 is 11.6 Å². The van der Waals surface area contributed by atoms with E-state index in [9.17, 15) is 9.59 Å². The van der Waals surface area contributed by atoms with Crippen molar-refractivity contribution in [3.8, 4) is 5.75 Å². The van der Waals surface area contributed by atoms with E-state index in [-0.39, 0.29) is 11.9 Å². The molecule has 0 aromatic heterocycles. The van der Waals surface area contributed by atoms with Crippen molar-refractivity contribution in [3.63, 3.8) is 0 Å². The number of rotatable bonds is 7. The number of aldehydes is 1. The second-order valence-corrected chi connectivity index (χ2v) is 8.05. The summed E-state index contributed by atoms with van der Waals surface area (Å²) in [5.74, 6) is 0.541. The molecule has 158 valence electrons. The SMILES string of the molecule is O=C[C@@H]1CC[C@H](c2ccccc2Cl)N1C(=O)c1ccc(OCCc2ccccc2)cc1. The van der Waals surface area contributed by atoms with Crippen molar-refractivity contribution in [2.45, 2.75) is 31.3 Å². The van der Waals surface area contributed by atoms with Gasteiger partial charge < -0.3 is 14.4 Å². The minimum absolute atomic E-state index is 0.171. The number of carbonyl (C=O) groups is 2. The highest BCUT2D eigenvalue weighted by molar-refractivity contribution is 6.31. The number of amides is 1. The van der Waals surface area contributed by atoms with Crippen LogP contribution in [0.5, 0.6) is 5.75 Å². The quantitative estimate of drug-likeness (QED) is 0.462. The fourth-order valence-electron chi connectivity index (χ4n) is 4.09. The highest BCUT2D eigenvalue weighted by Crippen LogP contribution is 2.39. The molecule has 1 aliphatic heterocycles. The Balaban J connectivity index is 1.45. The van der Waals surface area contributed by atoms with E-state index in [0.717, 1.165) is 18.3 Å². The maximum absolute atomic E-state index is 13.3. The number of carbonyl (C=O) groups excluding carboxylic acids is 2. The largest absolute Gasteiger partial charge is 0.493 e. The Kier molecular flexibility index (Phi) is 6.68. The molecule has 4 nitrogen and oxygen atoms in total. The zero-order chi connectivity index (χ0) is 21.6. The maximum atomic E-state index is 13.3. The summed E-state index contributed by atoms with van der Waals surface area (Å²) >= 11 is 6.38. The van der Waals surface area contributed by atoms with Crippen LogP contribution in [0.15, 0.2) is 78.9 Å². The summed E-state index contributed by atoms with van der Waals surface area (Å²) in [6.07, 6.45) is 3.01. The Morgan fingerprint density at radius 1 is 0.968 bits per heavy atom. The van der Waals surface area contributed by atoms with Gasteiger partial charge in [-0.25, -0.2) is 0 Å². The summed E-state index contributed by atoms with van der Waals surface area (Å²) in [5, 5.41) is 0.610. The second kappa shape index (κ2) is 9.80. The van der Waals surface area contributed by atoms with Gasteiger partial charge in [-0.15, -0.1) is 0 Å². The van der Waals surface area contributed by atoms with Gasteiger partial charge in [-0.1, -0.05) is 60.1 Å². The Hall–Kier alpha value is -3.11. The van der Waals surface area contributed by atoms with Crippen LogP contribution in [0.4, 0.5) is 0 Å². The number of hydrogen-bond acceptors (Lipinski definition) is 3. The third-order valence-electron chi connectivity index (χ3n) is 5.69. The molecule has 1 aliphatic rings. The van der Waals surface area contributed by atoms with Crippen LogP contribution in [0.2, 0.25) is 5.02 Å². The number of benzene rings is 3. The number of ether oxygens (including phenoxy) is 1. The molecule has 0 aliphatic carbocycles. The van der Waals surface area contributed by atoms with E-state index >= 15 is 0 Å². The molecule has 3 aromatic rings. The molecule has 31 heavy (non-hydrogen) atoms. The molecular weight excluding hydrogens is 410 g/mol. The Labute approximate surface area is 187 Å². The monoisotopic (exact) mass is 433 g/mol. The lowest BCUT2D eigenvalue weighted by molar-refractivity contribution is -0.111. The van der Waals surface area contributed by atoms with Crippen LogP contribution < -0.4 is 4.74 Å². The van der Waals surface area contributed by atoms with Crippen molar-refractivity contribution in [2.24, 2.45) is 0 Å². The summed E-state index contributed by atoms with van der Waals surface area (Å²) in [7, 11) is 0. The lowest BCUT2D eigenvalue weighted by Crippen LogP contribution is -2.38. The van der Waals surface area contributed by atoms with Crippen molar-refractivity contribution >= 4 is 23.8 Å². The van der Waals surface area contributed by atoms with Gasteiger partial charge in [-0.05, 0) is 54.3 Å². The van der Waals surface area contributed by atoms with Crippen LogP contribution in [0.25, 0.3) is 0 Å². The zero-order valence-corrected chi connectivity index (χ0v) is 17.9. The molecule has 4 rings (SSSR count). The number of likely N-dealkylation sites (tertiary alicyclic amines) is 1. The average molecular weight is 434 g/mol. The minimum Gasteiger partial charge on any atom is -0.493 e. The fraction of sp³-hybridized carbons (Fsp3) is 0.231. The van der Waals surface area contributed by atoms with Crippen molar-refractivity contribution in [2.75, 3.05) is 6.61 Å². The van der Waals surface area contributed by atoms with Crippen LogP contribution in [0, 0.1) is 0 Å². The molecular formula is C26H24ClNO3. The van der Waals surface area contributed by atoms with Crippen LogP contribution in [-0.2, 0) is 11.2 Å². The van der Waals surface area contributed by atoms with E-state index in [1.165, 1.54) is 5.56 Å². The van der Waals surface area contributed by atoms with Gasteiger partial charge in [-0.2, -0.15) is 0 Å². The van der Waals surface area contributed by atoms with Crippen molar-refractivity contribution < 1.29 is 14.3 Å². The van der Waals surface area contributed by atoms with Gasteiger partial charge in [0.2, 0.25) is 0 Å². The Bertz CT molecular complexity index is 1040.